The fourth-order valence-corrected chi connectivity index (χ4v) is 3.61. The number of nitrogens with zero attached hydrogens (tertiary/aromatic N) is 3. The van der Waals surface area contributed by atoms with Gasteiger partial charge >= 0.3 is 0 Å². The van der Waals surface area contributed by atoms with Crippen molar-refractivity contribution in [3.63, 3.8) is 0 Å². The quantitative estimate of drug-likeness (QED) is 0.936. The minimum absolute atomic E-state index is 0.407. The molecule has 6 heteroatoms. The van der Waals surface area contributed by atoms with Gasteiger partial charge in [-0.1, -0.05) is 0 Å². The van der Waals surface area contributed by atoms with Crippen LogP contribution in [0.15, 0.2) is 16.3 Å². The Kier molecular flexibility index (Phi) is 3.69. The van der Waals surface area contributed by atoms with Crippen molar-refractivity contribution in [2.75, 3.05) is 26.2 Å². The zero-order chi connectivity index (χ0) is 12.4. The molecule has 0 aromatic carbocycles. The Morgan fingerprint density at radius 1 is 1.28 bits per heavy atom. The first-order chi connectivity index (χ1) is 8.84. The van der Waals surface area contributed by atoms with Crippen LogP contribution in [0.25, 0.3) is 11.4 Å². The third-order valence-corrected chi connectivity index (χ3v) is 4.87. The summed E-state index contributed by atoms with van der Waals surface area (Å²) in [5.74, 6) is 0. The van der Waals surface area contributed by atoms with Gasteiger partial charge in [-0.3, -0.25) is 4.90 Å². The lowest BCUT2D eigenvalue weighted by Crippen LogP contribution is -2.44. The summed E-state index contributed by atoms with van der Waals surface area (Å²) in [7, 11) is 0. The maximum Gasteiger partial charge on any atom is 0.110 e. The predicted octanol–water partition coefficient (Wildman–Crippen LogP) is 2.23. The van der Waals surface area contributed by atoms with E-state index in [-0.39, 0.29) is 0 Å². The molecular weight excluding hydrogens is 264 g/mol. The van der Waals surface area contributed by atoms with Crippen molar-refractivity contribution in [2.45, 2.75) is 13.0 Å². The molecule has 1 aliphatic rings. The number of rotatable bonds is 3. The average Bonchev–Trinajstić information content (AvgIpc) is 3.09. The first-order valence-corrected chi connectivity index (χ1v) is 7.95. The van der Waals surface area contributed by atoms with Crippen LogP contribution < -0.4 is 5.32 Å². The van der Waals surface area contributed by atoms with Crippen LogP contribution >= 0.6 is 22.7 Å². The highest BCUT2D eigenvalue weighted by Crippen LogP contribution is 2.28. The van der Waals surface area contributed by atoms with Gasteiger partial charge in [-0.2, -0.15) is 0 Å². The summed E-state index contributed by atoms with van der Waals surface area (Å²) in [6.07, 6.45) is 0. The van der Waals surface area contributed by atoms with Gasteiger partial charge in [-0.15, -0.1) is 22.7 Å². The molecule has 1 saturated heterocycles. The van der Waals surface area contributed by atoms with E-state index < -0.39 is 0 Å². The van der Waals surface area contributed by atoms with E-state index in [0.29, 0.717) is 6.04 Å². The van der Waals surface area contributed by atoms with Gasteiger partial charge < -0.3 is 5.32 Å². The first-order valence-electron chi connectivity index (χ1n) is 6.13. The topological polar surface area (TPSA) is 41.1 Å². The van der Waals surface area contributed by atoms with Crippen molar-refractivity contribution >= 4 is 22.7 Å². The van der Waals surface area contributed by atoms with Crippen molar-refractivity contribution < 1.29 is 0 Å². The largest absolute Gasteiger partial charge is 0.314 e. The molecule has 0 bridgehead atoms. The molecule has 0 saturated carbocycles. The zero-order valence-corrected chi connectivity index (χ0v) is 11.9. The average molecular weight is 280 g/mol. The van der Waals surface area contributed by atoms with Gasteiger partial charge in [-0.25, -0.2) is 9.97 Å². The van der Waals surface area contributed by atoms with Crippen LogP contribution in [0.1, 0.15) is 18.0 Å². The van der Waals surface area contributed by atoms with E-state index in [4.69, 9.17) is 4.98 Å². The van der Waals surface area contributed by atoms with Crippen LogP contribution in [0.5, 0.6) is 0 Å². The highest BCUT2D eigenvalue weighted by atomic mass is 32.1. The Morgan fingerprint density at radius 3 is 2.83 bits per heavy atom. The van der Waals surface area contributed by atoms with Crippen LogP contribution in [0.2, 0.25) is 0 Å². The van der Waals surface area contributed by atoms with Gasteiger partial charge in [0, 0.05) is 36.9 Å². The lowest BCUT2D eigenvalue weighted by atomic mass is 10.2. The molecule has 1 atom stereocenters. The Bertz CT molecular complexity index is 488. The van der Waals surface area contributed by atoms with E-state index in [1.54, 1.807) is 22.7 Å². The molecule has 0 amide bonds. The summed E-state index contributed by atoms with van der Waals surface area (Å²) in [4.78, 5) is 11.5. The minimum Gasteiger partial charge on any atom is -0.314 e. The van der Waals surface area contributed by atoms with E-state index in [9.17, 15) is 0 Å². The summed E-state index contributed by atoms with van der Waals surface area (Å²) in [5.41, 5.74) is 3.86. The van der Waals surface area contributed by atoms with Crippen molar-refractivity contribution in [1.82, 2.24) is 20.2 Å². The Labute approximate surface area is 115 Å². The number of piperazine rings is 1. The van der Waals surface area contributed by atoms with E-state index in [1.165, 1.54) is 5.01 Å². The van der Waals surface area contributed by atoms with E-state index >= 15 is 0 Å². The standard InChI is InChI=1S/C12H16N4S2/c1-9(16-4-2-13-3-5-16)12-15-11(7-18-12)10-6-17-8-14-10/h6-9,13H,2-5H2,1H3. The summed E-state index contributed by atoms with van der Waals surface area (Å²) in [5, 5.41) is 8.74. The lowest BCUT2D eigenvalue weighted by molar-refractivity contribution is 0.185. The summed E-state index contributed by atoms with van der Waals surface area (Å²) >= 11 is 3.36. The summed E-state index contributed by atoms with van der Waals surface area (Å²) < 4.78 is 0. The van der Waals surface area contributed by atoms with E-state index in [0.717, 1.165) is 37.6 Å². The second kappa shape index (κ2) is 5.44. The highest BCUT2D eigenvalue weighted by Gasteiger charge is 2.20. The van der Waals surface area contributed by atoms with Gasteiger partial charge in [0.15, 0.2) is 0 Å². The number of aromatic nitrogens is 2. The molecule has 1 N–H and O–H groups in total. The summed E-state index contributed by atoms with van der Waals surface area (Å²) in [6, 6.07) is 0.407. The third kappa shape index (κ3) is 2.47. The predicted molar refractivity (Wildman–Crippen MR) is 76.1 cm³/mol. The van der Waals surface area contributed by atoms with E-state index in [1.807, 2.05) is 10.9 Å². The molecule has 0 spiro atoms. The summed E-state index contributed by atoms with van der Waals surface area (Å²) in [6.45, 7) is 6.61. The van der Waals surface area contributed by atoms with Crippen molar-refractivity contribution in [3.8, 4) is 11.4 Å². The molecule has 2 aromatic heterocycles. The molecular formula is C12H16N4S2. The smallest absolute Gasteiger partial charge is 0.110 e. The second-order valence-electron chi connectivity index (χ2n) is 4.41. The monoisotopic (exact) mass is 280 g/mol. The van der Waals surface area contributed by atoms with Gasteiger partial charge in [-0.05, 0) is 6.92 Å². The molecule has 18 heavy (non-hydrogen) atoms. The Balaban J connectivity index is 1.76. The van der Waals surface area contributed by atoms with Gasteiger partial charge in [0.25, 0.3) is 0 Å². The second-order valence-corrected chi connectivity index (χ2v) is 6.01. The van der Waals surface area contributed by atoms with Crippen LogP contribution in [0.4, 0.5) is 0 Å². The fourth-order valence-electron chi connectivity index (χ4n) is 2.16. The molecule has 0 radical (unpaired) electrons. The van der Waals surface area contributed by atoms with Crippen LogP contribution in [-0.2, 0) is 0 Å². The zero-order valence-electron chi connectivity index (χ0n) is 10.3. The number of hydrogen-bond donors (Lipinski definition) is 1. The SMILES string of the molecule is CC(c1nc(-c2cscn2)cs1)N1CCNCC1. The molecule has 1 unspecified atom stereocenters. The van der Waals surface area contributed by atoms with Crippen molar-refractivity contribution in [2.24, 2.45) is 0 Å². The molecule has 1 aliphatic heterocycles. The van der Waals surface area contributed by atoms with Gasteiger partial charge in [0.2, 0.25) is 0 Å². The molecule has 0 aliphatic carbocycles. The Hall–Kier alpha value is -0.820. The maximum absolute atomic E-state index is 4.73. The molecule has 3 heterocycles. The van der Waals surface area contributed by atoms with Crippen molar-refractivity contribution in [3.05, 3.63) is 21.3 Å². The first kappa shape index (κ1) is 12.2. The van der Waals surface area contributed by atoms with Gasteiger partial charge in [0.1, 0.15) is 16.4 Å². The van der Waals surface area contributed by atoms with Gasteiger partial charge in [0.05, 0.1) is 11.6 Å². The normalized spacial score (nSPS) is 18.9. The number of nitrogens with one attached hydrogen (secondary N) is 1. The molecule has 1 fully saturated rings. The fraction of sp³-hybridized carbons (Fsp3) is 0.500. The lowest BCUT2D eigenvalue weighted by Gasteiger charge is -2.31. The molecule has 3 rings (SSSR count). The minimum atomic E-state index is 0.407. The van der Waals surface area contributed by atoms with Crippen LogP contribution in [0, 0.1) is 0 Å². The van der Waals surface area contributed by atoms with E-state index in [2.05, 4.69) is 27.5 Å². The Morgan fingerprint density at radius 2 is 2.11 bits per heavy atom. The van der Waals surface area contributed by atoms with Crippen LogP contribution in [-0.4, -0.2) is 41.0 Å². The molecule has 4 nitrogen and oxygen atoms in total. The third-order valence-electron chi connectivity index (χ3n) is 3.27. The molecule has 96 valence electrons. The number of hydrogen-bond acceptors (Lipinski definition) is 6. The maximum atomic E-state index is 4.73. The number of thiazole rings is 2. The van der Waals surface area contributed by atoms with Crippen LogP contribution in [0.3, 0.4) is 0 Å². The molecule has 2 aromatic rings. The van der Waals surface area contributed by atoms with Crippen molar-refractivity contribution in [1.29, 1.82) is 0 Å². The highest BCUT2D eigenvalue weighted by molar-refractivity contribution is 7.10.